The van der Waals surface area contributed by atoms with Crippen LogP contribution in [-0.4, -0.2) is 12.1 Å². The van der Waals surface area contributed by atoms with Crippen molar-refractivity contribution in [2.75, 3.05) is 0 Å². The highest BCUT2D eigenvalue weighted by molar-refractivity contribution is 5.98. The van der Waals surface area contributed by atoms with Crippen LogP contribution in [-0.2, 0) is 4.79 Å². The molecule has 0 fully saturated rings. The minimum absolute atomic E-state index is 0.00319. The Bertz CT molecular complexity index is 517. The van der Waals surface area contributed by atoms with E-state index in [1.54, 1.807) is 12.1 Å². The van der Waals surface area contributed by atoms with Gasteiger partial charge in [0, 0.05) is 17.9 Å². The van der Waals surface area contributed by atoms with Crippen molar-refractivity contribution in [3.63, 3.8) is 0 Å². The average Bonchev–Trinajstić information content (AvgIpc) is 2.46. The summed E-state index contributed by atoms with van der Waals surface area (Å²) in [6, 6.07) is 18.4. The maximum atomic E-state index is 12.0. The second-order valence-electron chi connectivity index (χ2n) is 4.15. The van der Waals surface area contributed by atoms with Gasteiger partial charge in [0.25, 0.3) is 0 Å². The van der Waals surface area contributed by atoms with Crippen molar-refractivity contribution in [3.05, 3.63) is 71.8 Å². The Morgan fingerprint density at radius 3 is 2.06 bits per heavy atom. The Hall–Kier alpha value is -2.22. The first kappa shape index (κ1) is 12.2. The first-order valence-electron chi connectivity index (χ1n) is 5.90. The maximum Gasteiger partial charge on any atom is 0.163 e. The quantitative estimate of drug-likeness (QED) is 0.592. The van der Waals surface area contributed by atoms with Crippen LogP contribution in [0.15, 0.2) is 60.7 Å². The van der Waals surface area contributed by atoms with E-state index in [0.29, 0.717) is 5.56 Å². The first-order chi connectivity index (χ1) is 8.81. The highest BCUT2D eigenvalue weighted by Crippen LogP contribution is 2.19. The number of hydrogen-bond donors (Lipinski definition) is 0. The molecule has 0 amide bonds. The molecule has 0 saturated heterocycles. The van der Waals surface area contributed by atoms with E-state index in [-0.39, 0.29) is 18.1 Å². The molecular formula is C16H14O2. The van der Waals surface area contributed by atoms with Crippen LogP contribution in [0.3, 0.4) is 0 Å². The van der Waals surface area contributed by atoms with Crippen LogP contribution in [0.1, 0.15) is 28.3 Å². The molecule has 0 aliphatic rings. The van der Waals surface area contributed by atoms with Crippen molar-refractivity contribution in [1.29, 1.82) is 0 Å². The Kier molecular flexibility index (Phi) is 4.02. The van der Waals surface area contributed by atoms with E-state index >= 15 is 0 Å². The third-order valence-corrected chi connectivity index (χ3v) is 2.89. The summed E-state index contributed by atoms with van der Waals surface area (Å²) in [5.41, 5.74) is 1.54. The van der Waals surface area contributed by atoms with Crippen molar-refractivity contribution in [2.24, 2.45) is 0 Å². The van der Waals surface area contributed by atoms with Crippen molar-refractivity contribution in [3.8, 4) is 0 Å². The lowest BCUT2D eigenvalue weighted by Crippen LogP contribution is -2.08. The smallest absolute Gasteiger partial charge is 0.163 e. The number of rotatable bonds is 5. The number of carbonyl (C=O) groups is 2. The molecule has 2 aromatic carbocycles. The molecule has 0 heterocycles. The highest BCUT2D eigenvalue weighted by atomic mass is 16.1. The van der Waals surface area contributed by atoms with Gasteiger partial charge < -0.3 is 4.79 Å². The zero-order valence-electron chi connectivity index (χ0n) is 9.95. The maximum absolute atomic E-state index is 12.0. The molecule has 0 radical (unpaired) electrons. The molecule has 1 unspecified atom stereocenters. The second-order valence-corrected chi connectivity index (χ2v) is 4.15. The Labute approximate surface area is 106 Å². The molecule has 0 N–H and O–H groups in total. The van der Waals surface area contributed by atoms with E-state index in [4.69, 9.17) is 0 Å². The monoisotopic (exact) mass is 238 g/mol. The minimum Gasteiger partial charge on any atom is -0.303 e. The predicted octanol–water partition coefficient (Wildman–Crippen LogP) is 3.24. The van der Waals surface area contributed by atoms with E-state index < -0.39 is 0 Å². The Morgan fingerprint density at radius 1 is 0.944 bits per heavy atom. The van der Waals surface area contributed by atoms with Gasteiger partial charge in [0.2, 0.25) is 0 Å². The highest BCUT2D eigenvalue weighted by Gasteiger charge is 2.15. The van der Waals surface area contributed by atoms with Crippen LogP contribution in [0.5, 0.6) is 0 Å². The standard InChI is InChI=1S/C16H14O2/c17-12-15(13-7-3-1-4-8-13)11-16(18)14-9-5-2-6-10-14/h1-10,12,15H,11H2. The zero-order valence-corrected chi connectivity index (χ0v) is 9.95. The van der Waals surface area contributed by atoms with Crippen LogP contribution in [0.25, 0.3) is 0 Å². The average molecular weight is 238 g/mol. The van der Waals surface area contributed by atoms with E-state index in [1.165, 1.54) is 0 Å². The third kappa shape index (κ3) is 2.92. The predicted molar refractivity (Wildman–Crippen MR) is 70.6 cm³/mol. The van der Waals surface area contributed by atoms with Crippen LogP contribution in [0.2, 0.25) is 0 Å². The summed E-state index contributed by atoms with van der Waals surface area (Å²) in [6.45, 7) is 0. The summed E-state index contributed by atoms with van der Waals surface area (Å²) in [5, 5.41) is 0. The summed E-state index contributed by atoms with van der Waals surface area (Å²) in [4.78, 5) is 23.1. The van der Waals surface area contributed by atoms with Gasteiger partial charge in [-0.3, -0.25) is 4.79 Å². The fourth-order valence-electron chi connectivity index (χ4n) is 1.89. The van der Waals surface area contributed by atoms with Crippen molar-refractivity contribution in [2.45, 2.75) is 12.3 Å². The molecule has 2 aromatic rings. The molecular weight excluding hydrogens is 224 g/mol. The topological polar surface area (TPSA) is 34.1 Å². The van der Waals surface area contributed by atoms with E-state index in [2.05, 4.69) is 0 Å². The summed E-state index contributed by atoms with van der Waals surface area (Å²) in [5.74, 6) is -0.365. The molecule has 0 spiro atoms. The van der Waals surface area contributed by atoms with E-state index in [1.807, 2.05) is 48.5 Å². The van der Waals surface area contributed by atoms with Crippen molar-refractivity contribution in [1.82, 2.24) is 0 Å². The molecule has 18 heavy (non-hydrogen) atoms. The lowest BCUT2D eigenvalue weighted by Gasteiger charge is -2.09. The van der Waals surface area contributed by atoms with Gasteiger partial charge in [0.1, 0.15) is 6.29 Å². The summed E-state index contributed by atoms with van der Waals surface area (Å²) in [6.07, 6.45) is 1.06. The normalized spacial score (nSPS) is 11.8. The molecule has 2 heteroatoms. The number of benzene rings is 2. The van der Waals surface area contributed by atoms with Gasteiger partial charge in [-0.1, -0.05) is 60.7 Å². The number of aldehydes is 1. The van der Waals surface area contributed by atoms with Crippen LogP contribution in [0.4, 0.5) is 0 Å². The van der Waals surface area contributed by atoms with Crippen molar-refractivity contribution >= 4 is 12.1 Å². The zero-order chi connectivity index (χ0) is 12.8. The molecule has 90 valence electrons. The van der Waals surface area contributed by atoms with Crippen molar-refractivity contribution < 1.29 is 9.59 Å². The van der Waals surface area contributed by atoms with E-state index in [9.17, 15) is 9.59 Å². The van der Waals surface area contributed by atoms with Crippen LogP contribution < -0.4 is 0 Å². The Morgan fingerprint density at radius 2 is 1.50 bits per heavy atom. The van der Waals surface area contributed by atoms with Gasteiger partial charge >= 0.3 is 0 Å². The van der Waals surface area contributed by atoms with Gasteiger partial charge in [-0.25, -0.2) is 0 Å². The molecule has 0 aliphatic carbocycles. The summed E-state index contributed by atoms with van der Waals surface area (Å²) < 4.78 is 0. The molecule has 2 rings (SSSR count). The minimum atomic E-state index is -0.362. The van der Waals surface area contributed by atoms with Gasteiger partial charge in [0.15, 0.2) is 5.78 Å². The van der Waals surface area contributed by atoms with Crippen LogP contribution in [0, 0.1) is 0 Å². The van der Waals surface area contributed by atoms with Gasteiger partial charge in [0.05, 0.1) is 0 Å². The lowest BCUT2D eigenvalue weighted by molar-refractivity contribution is -0.109. The molecule has 0 aliphatic heterocycles. The molecule has 0 saturated carbocycles. The van der Waals surface area contributed by atoms with E-state index in [0.717, 1.165) is 11.8 Å². The van der Waals surface area contributed by atoms with Crippen LogP contribution >= 0.6 is 0 Å². The first-order valence-corrected chi connectivity index (χ1v) is 5.90. The fourth-order valence-corrected chi connectivity index (χ4v) is 1.89. The summed E-state index contributed by atoms with van der Waals surface area (Å²) >= 11 is 0. The molecule has 0 aromatic heterocycles. The SMILES string of the molecule is O=CC(CC(=O)c1ccccc1)c1ccccc1. The fraction of sp³-hybridized carbons (Fsp3) is 0.125. The lowest BCUT2D eigenvalue weighted by atomic mass is 9.93. The largest absolute Gasteiger partial charge is 0.303 e. The number of ketones is 1. The third-order valence-electron chi connectivity index (χ3n) is 2.89. The number of carbonyl (C=O) groups excluding carboxylic acids is 2. The van der Waals surface area contributed by atoms with Gasteiger partial charge in [-0.15, -0.1) is 0 Å². The summed E-state index contributed by atoms with van der Waals surface area (Å²) in [7, 11) is 0. The molecule has 0 bridgehead atoms. The number of hydrogen-bond acceptors (Lipinski definition) is 2. The second kappa shape index (κ2) is 5.92. The van der Waals surface area contributed by atoms with Gasteiger partial charge in [-0.2, -0.15) is 0 Å². The van der Waals surface area contributed by atoms with Gasteiger partial charge in [-0.05, 0) is 5.56 Å². The Balaban J connectivity index is 2.13. The molecule has 1 atom stereocenters. The number of Topliss-reactive ketones (excluding diaryl/α,β-unsaturated/α-hetero) is 1. The molecule has 2 nitrogen and oxygen atoms in total.